The lowest BCUT2D eigenvalue weighted by Crippen LogP contribution is -2.24. The summed E-state index contributed by atoms with van der Waals surface area (Å²) in [5, 5.41) is 15.2. The van der Waals surface area contributed by atoms with E-state index < -0.39 is 0 Å². The third-order valence-corrected chi connectivity index (χ3v) is 4.77. The molecule has 0 heterocycles. The highest BCUT2D eigenvalue weighted by Gasteiger charge is 2.04. The van der Waals surface area contributed by atoms with E-state index in [-0.39, 0.29) is 0 Å². The van der Waals surface area contributed by atoms with Gasteiger partial charge in [0.1, 0.15) is 11.5 Å². The monoisotopic (exact) mass is 492 g/mol. The van der Waals surface area contributed by atoms with Gasteiger partial charge in [0.05, 0.1) is 38.0 Å². The third kappa shape index (κ3) is 7.54. The molecule has 3 aromatic carbocycles. The van der Waals surface area contributed by atoms with Crippen LogP contribution >= 0.6 is 24.4 Å². The van der Waals surface area contributed by atoms with Crippen molar-refractivity contribution in [1.29, 1.82) is 0 Å². The normalized spacial score (nSPS) is 10.6. The number of rotatable bonds is 8. The van der Waals surface area contributed by atoms with Crippen molar-refractivity contribution in [2.24, 2.45) is 10.2 Å². The minimum atomic E-state index is 0.346. The molecule has 0 atom stereocenters. The number of para-hydroxylation sites is 4. The Hall–Kier alpha value is -4.02. The molecule has 0 bridgehead atoms. The van der Waals surface area contributed by atoms with Gasteiger partial charge in [0, 0.05) is 0 Å². The van der Waals surface area contributed by atoms with E-state index in [1.54, 1.807) is 26.6 Å². The average molecular weight is 493 g/mol. The van der Waals surface area contributed by atoms with Crippen molar-refractivity contribution >= 4 is 58.5 Å². The van der Waals surface area contributed by atoms with Crippen molar-refractivity contribution < 1.29 is 9.47 Å². The molecule has 0 aliphatic rings. The van der Waals surface area contributed by atoms with Crippen molar-refractivity contribution in [2.45, 2.75) is 0 Å². The molecule has 0 fully saturated rings. The molecule has 0 amide bonds. The van der Waals surface area contributed by atoms with Crippen LogP contribution in [0.1, 0.15) is 11.1 Å². The van der Waals surface area contributed by atoms with Crippen LogP contribution in [0.2, 0.25) is 0 Å². The topological polar surface area (TPSA) is 91.3 Å². The van der Waals surface area contributed by atoms with Crippen LogP contribution in [0, 0.1) is 0 Å². The van der Waals surface area contributed by atoms with Gasteiger partial charge in [0.2, 0.25) is 0 Å². The number of hydrogen-bond acceptors (Lipinski definition) is 6. The molecule has 10 heteroatoms. The van der Waals surface area contributed by atoms with Gasteiger partial charge in [-0.05, 0) is 65.9 Å². The van der Waals surface area contributed by atoms with Crippen LogP contribution in [0.3, 0.4) is 0 Å². The van der Waals surface area contributed by atoms with Crippen molar-refractivity contribution in [2.75, 3.05) is 24.9 Å². The van der Waals surface area contributed by atoms with Gasteiger partial charge in [-0.25, -0.2) is 0 Å². The first-order chi connectivity index (χ1) is 16.6. The predicted octanol–water partition coefficient (Wildman–Crippen LogP) is 4.34. The van der Waals surface area contributed by atoms with E-state index in [1.807, 2.05) is 72.8 Å². The lowest BCUT2D eigenvalue weighted by Gasteiger charge is -2.10. The molecule has 3 aromatic rings. The summed E-state index contributed by atoms with van der Waals surface area (Å²) >= 11 is 10.6. The molecule has 0 unspecified atom stereocenters. The third-order valence-electron chi connectivity index (χ3n) is 4.38. The number of ether oxygens (including phenoxy) is 2. The van der Waals surface area contributed by atoms with Crippen LogP contribution in [0.5, 0.6) is 11.5 Å². The number of methoxy groups -OCH3 is 2. The summed E-state index contributed by atoms with van der Waals surface area (Å²) < 4.78 is 10.6. The highest BCUT2D eigenvalue weighted by atomic mass is 32.1. The minimum Gasteiger partial charge on any atom is -0.495 e. The van der Waals surface area contributed by atoms with Gasteiger partial charge in [-0.1, -0.05) is 42.5 Å². The van der Waals surface area contributed by atoms with Gasteiger partial charge >= 0.3 is 0 Å². The highest BCUT2D eigenvalue weighted by molar-refractivity contribution is 7.80. The fourth-order valence-corrected chi connectivity index (χ4v) is 3.17. The second-order valence-corrected chi connectivity index (χ2v) is 7.54. The van der Waals surface area contributed by atoms with Gasteiger partial charge in [0.25, 0.3) is 0 Å². The lowest BCUT2D eigenvalue weighted by atomic mass is 10.1. The molecule has 0 radical (unpaired) electrons. The smallest absolute Gasteiger partial charge is 0.191 e. The average Bonchev–Trinajstić information content (AvgIpc) is 2.85. The molecule has 174 valence electrons. The van der Waals surface area contributed by atoms with E-state index >= 15 is 0 Å². The van der Waals surface area contributed by atoms with Crippen molar-refractivity contribution in [3.63, 3.8) is 0 Å². The zero-order chi connectivity index (χ0) is 24.2. The van der Waals surface area contributed by atoms with Crippen LogP contribution in [0.25, 0.3) is 0 Å². The summed E-state index contributed by atoms with van der Waals surface area (Å²) in [5.41, 5.74) is 8.82. The maximum absolute atomic E-state index is 5.30. The molecule has 0 aliphatic carbocycles. The summed E-state index contributed by atoms with van der Waals surface area (Å²) in [5.74, 6) is 1.38. The Morgan fingerprint density at radius 1 is 0.676 bits per heavy atom. The molecule has 0 saturated carbocycles. The highest BCUT2D eigenvalue weighted by Crippen LogP contribution is 2.23. The molecule has 0 spiro atoms. The summed E-state index contributed by atoms with van der Waals surface area (Å²) in [7, 11) is 3.21. The van der Waals surface area contributed by atoms with Crippen LogP contribution < -0.4 is 31.0 Å². The van der Waals surface area contributed by atoms with Crippen LogP contribution in [-0.2, 0) is 0 Å². The quantitative estimate of drug-likeness (QED) is 0.210. The lowest BCUT2D eigenvalue weighted by molar-refractivity contribution is 0.417. The van der Waals surface area contributed by atoms with Crippen molar-refractivity contribution in [3.8, 4) is 11.5 Å². The maximum atomic E-state index is 5.30. The van der Waals surface area contributed by atoms with E-state index in [1.165, 1.54) is 0 Å². The zero-order valence-electron chi connectivity index (χ0n) is 18.6. The molecule has 0 aliphatic heterocycles. The first-order valence-electron chi connectivity index (χ1n) is 10.2. The standard InChI is InChI=1S/C24H24N6O2S2/c1-31-21-12-5-3-10-19(21)27-23(33)29-25-15-17-8-7-9-18(14-17)16-26-30-24(34)28-20-11-4-6-13-22(20)32-2/h3-16H,1-2H3,(H2,27,29,33)(H2,28,30,34)/b25-15-,26-16-. The SMILES string of the molecule is COc1ccccc1NC(=S)N/N=C\c1cccc(/C=N\NC(=S)Nc2ccccc2OC)c1. The zero-order valence-corrected chi connectivity index (χ0v) is 20.2. The van der Waals surface area contributed by atoms with Gasteiger partial charge in [0.15, 0.2) is 10.2 Å². The Morgan fingerprint density at radius 2 is 1.12 bits per heavy atom. The first kappa shape index (κ1) is 24.6. The number of thiocarbonyl (C=S) groups is 2. The van der Waals surface area contributed by atoms with Crippen LogP contribution in [0.4, 0.5) is 11.4 Å². The van der Waals surface area contributed by atoms with E-state index in [9.17, 15) is 0 Å². The summed E-state index contributed by atoms with van der Waals surface area (Å²) in [6, 6.07) is 22.6. The number of hydrogen-bond donors (Lipinski definition) is 4. The van der Waals surface area contributed by atoms with Crippen molar-refractivity contribution in [3.05, 3.63) is 83.9 Å². The van der Waals surface area contributed by atoms with E-state index in [2.05, 4.69) is 31.7 Å². The number of benzene rings is 3. The number of nitrogens with one attached hydrogen (secondary N) is 4. The fraction of sp³-hybridized carbons (Fsp3) is 0.0833. The summed E-state index contributed by atoms with van der Waals surface area (Å²) in [6.45, 7) is 0. The Labute approximate surface area is 209 Å². The molecular formula is C24H24N6O2S2. The summed E-state index contributed by atoms with van der Waals surface area (Å²) in [4.78, 5) is 0. The molecule has 8 nitrogen and oxygen atoms in total. The van der Waals surface area contributed by atoms with E-state index in [4.69, 9.17) is 33.9 Å². The maximum Gasteiger partial charge on any atom is 0.191 e. The molecule has 0 aromatic heterocycles. The second kappa shape index (κ2) is 12.9. The van der Waals surface area contributed by atoms with Gasteiger partial charge < -0.3 is 20.1 Å². The number of hydrazone groups is 2. The molecule has 0 saturated heterocycles. The van der Waals surface area contributed by atoms with Crippen molar-refractivity contribution in [1.82, 2.24) is 10.9 Å². The van der Waals surface area contributed by atoms with Crippen LogP contribution in [0.15, 0.2) is 83.0 Å². The van der Waals surface area contributed by atoms with Gasteiger partial charge in [-0.3, -0.25) is 10.9 Å². The Morgan fingerprint density at radius 3 is 1.56 bits per heavy atom. The van der Waals surface area contributed by atoms with E-state index in [0.29, 0.717) is 21.7 Å². The molecule has 34 heavy (non-hydrogen) atoms. The number of nitrogens with zero attached hydrogens (tertiary/aromatic N) is 2. The first-order valence-corrected chi connectivity index (χ1v) is 11.0. The fourth-order valence-electron chi connectivity index (χ4n) is 2.85. The van der Waals surface area contributed by atoms with Gasteiger partial charge in [-0.15, -0.1) is 0 Å². The molecule has 3 rings (SSSR count). The Kier molecular flexibility index (Phi) is 9.32. The minimum absolute atomic E-state index is 0.346. The second-order valence-electron chi connectivity index (χ2n) is 6.72. The number of anilines is 2. The van der Waals surface area contributed by atoms with Gasteiger partial charge in [-0.2, -0.15) is 10.2 Å². The predicted molar refractivity (Wildman–Crippen MR) is 146 cm³/mol. The summed E-state index contributed by atoms with van der Waals surface area (Å²) in [6.07, 6.45) is 3.32. The Bertz CT molecular complexity index is 1110. The largest absolute Gasteiger partial charge is 0.495 e. The molecule has 4 N–H and O–H groups in total. The Balaban J connectivity index is 1.51. The van der Waals surface area contributed by atoms with E-state index in [0.717, 1.165) is 22.5 Å². The van der Waals surface area contributed by atoms with Crippen LogP contribution in [-0.4, -0.2) is 36.9 Å². The molecular weight excluding hydrogens is 468 g/mol.